The molecule has 4 nitrogen and oxygen atoms in total. The molecule has 98 valence electrons. The molecule has 0 aromatic heterocycles. The number of anilines is 2. The van der Waals surface area contributed by atoms with Gasteiger partial charge in [0.2, 0.25) is 5.91 Å². The lowest BCUT2D eigenvalue weighted by atomic mass is 10.1. The number of halogens is 1. The number of para-hydroxylation sites is 1. The summed E-state index contributed by atoms with van der Waals surface area (Å²) in [4.78, 5) is 11.2. The van der Waals surface area contributed by atoms with Crippen molar-refractivity contribution in [1.29, 1.82) is 0 Å². The molecule has 5 N–H and O–H groups in total. The van der Waals surface area contributed by atoms with Gasteiger partial charge < -0.3 is 16.8 Å². The molecule has 0 saturated heterocycles. The average Bonchev–Trinajstić information content (AvgIpc) is 2.39. The highest BCUT2D eigenvalue weighted by Gasteiger charge is 2.07. The first-order valence-corrected chi connectivity index (χ1v) is 6.12. The van der Waals surface area contributed by atoms with Crippen molar-refractivity contribution in [3.63, 3.8) is 0 Å². The van der Waals surface area contributed by atoms with E-state index in [-0.39, 0.29) is 0 Å². The van der Waals surface area contributed by atoms with Gasteiger partial charge in [0.15, 0.2) is 0 Å². The molecule has 0 aliphatic rings. The number of carbonyl (C=O) groups is 1. The zero-order chi connectivity index (χ0) is 13.8. The van der Waals surface area contributed by atoms with Crippen molar-refractivity contribution in [2.45, 2.75) is 6.54 Å². The van der Waals surface area contributed by atoms with E-state index in [1.165, 1.54) is 0 Å². The normalized spacial score (nSPS) is 10.2. The smallest absolute Gasteiger partial charge is 0.250 e. The van der Waals surface area contributed by atoms with Crippen molar-refractivity contribution >= 4 is 28.9 Å². The van der Waals surface area contributed by atoms with E-state index in [0.29, 0.717) is 17.1 Å². The summed E-state index contributed by atoms with van der Waals surface area (Å²) < 4.78 is 0. The summed E-state index contributed by atoms with van der Waals surface area (Å²) in [6.45, 7) is 0.562. The van der Waals surface area contributed by atoms with Gasteiger partial charge in [0.1, 0.15) is 0 Å². The van der Waals surface area contributed by atoms with Crippen LogP contribution in [0.4, 0.5) is 11.4 Å². The molecule has 0 radical (unpaired) electrons. The summed E-state index contributed by atoms with van der Waals surface area (Å²) in [7, 11) is 0. The first-order chi connectivity index (χ1) is 9.08. The van der Waals surface area contributed by atoms with Crippen LogP contribution in [-0.4, -0.2) is 5.91 Å². The first-order valence-electron chi connectivity index (χ1n) is 5.74. The van der Waals surface area contributed by atoms with Crippen LogP contribution in [0.1, 0.15) is 15.9 Å². The van der Waals surface area contributed by atoms with E-state index in [2.05, 4.69) is 5.32 Å². The lowest BCUT2D eigenvalue weighted by Crippen LogP contribution is -2.12. The number of hydrogen-bond acceptors (Lipinski definition) is 3. The van der Waals surface area contributed by atoms with Crippen molar-refractivity contribution in [3.8, 4) is 0 Å². The molecule has 0 spiro atoms. The number of nitrogens with two attached hydrogens (primary N) is 2. The summed E-state index contributed by atoms with van der Waals surface area (Å²) in [6.07, 6.45) is 0. The Kier molecular flexibility index (Phi) is 3.92. The minimum atomic E-state index is -0.548. The number of benzene rings is 2. The van der Waals surface area contributed by atoms with Crippen LogP contribution < -0.4 is 16.8 Å². The van der Waals surface area contributed by atoms with Crippen LogP contribution >= 0.6 is 11.6 Å². The van der Waals surface area contributed by atoms with Crippen LogP contribution in [-0.2, 0) is 6.54 Å². The minimum absolute atomic E-state index is 0.299. The Morgan fingerprint density at radius 1 is 1.21 bits per heavy atom. The molecule has 0 heterocycles. The second kappa shape index (κ2) is 5.63. The highest BCUT2D eigenvalue weighted by atomic mass is 35.5. The second-order valence-corrected chi connectivity index (χ2v) is 4.52. The molecule has 0 bridgehead atoms. The van der Waals surface area contributed by atoms with Crippen molar-refractivity contribution in [2.75, 3.05) is 11.1 Å². The molecule has 2 aromatic carbocycles. The maximum Gasteiger partial charge on any atom is 0.250 e. The topological polar surface area (TPSA) is 81.1 Å². The van der Waals surface area contributed by atoms with Crippen LogP contribution in [0.5, 0.6) is 0 Å². The molecule has 0 unspecified atom stereocenters. The quantitative estimate of drug-likeness (QED) is 0.750. The first kappa shape index (κ1) is 13.2. The standard InChI is InChI=1S/C14H14ClN3O/c15-12-6-5-10(7-11(12)14(17)19)18-8-9-3-1-2-4-13(9)16/h1-7,18H,8,16H2,(H2,17,19). The van der Waals surface area contributed by atoms with Gasteiger partial charge >= 0.3 is 0 Å². The summed E-state index contributed by atoms with van der Waals surface area (Å²) in [5.41, 5.74) is 13.9. The van der Waals surface area contributed by atoms with Crippen LogP contribution in [0.2, 0.25) is 5.02 Å². The Morgan fingerprint density at radius 3 is 2.63 bits per heavy atom. The highest BCUT2D eigenvalue weighted by Crippen LogP contribution is 2.21. The molecule has 5 heteroatoms. The Morgan fingerprint density at radius 2 is 1.95 bits per heavy atom. The molecule has 0 aliphatic heterocycles. The molecule has 2 aromatic rings. The van der Waals surface area contributed by atoms with Gasteiger partial charge in [0.25, 0.3) is 0 Å². The van der Waals surface area contributed by atoms with Crippen molar-refractivity contribution in [3.05, 3.63) is 58.6 Å². The van der Waals surface area contributed by atoms with E-state index in [1.807, 2.05) is 24.3 Å². The third-order valence-corrected chi connectivity index (χ3v) is 3.10. The van der Waals surface area contributed by atoms with Gasteiger partial charge in [-0.3, -0.25) is 4.79 Å². The van der Waals surface area contributed by atoms with Gasteiger partial charge in [0, 0.05) is 17.9 Å². The zero-order valence-electron chi connectivity index (χ0n) is 10.2. The van der Waals surface area contributed by atoms with E-state index in [4.69, 9.17) is 23.1 Å². The molecule has 19 heavy (non-hydrogen) atoms. The molecule has 0 saturated carbocycles. The molecular weight excluding hydrogens is 262 g/mol. The monoisotopic (exact) mass is 275 g/mol. The number of primary amides is 1. The van der Waals surface area contributed by atoms with Gasteiger partial charge in [-0.1, -0.05) is 29.8 Å². The van der Waals surface area contributed by atoms with E-state index in [9.17, 15) is 4.79 Å². The van der Waals surface area contributed by atoms with E-state index in [0.717, 1.165) is 16.9 Å². The molecule has 0 fully saturated rings. The Hall–Kier alpha value is -2.20. The Labute approximate surface area is 116 Å². The number of carbonyl (C=O) groups excluding carboxylic acids is 1. The van der Waals surface area contributed by atoms with E-state index < -0.39 is 5.91 Å². The van der Waals surface area contributed by atoms with Crippen LogP contribution in [0.25, 0.3) is 0 Å². The predicted octanol–water partition coefficient (Wildman–Crippen LogP) is 2.63. The number of amides is 1. The molecule has 0 atom stereocenters. The van der Waals surface area contributed by atoms with Gasteiger partial charge in [-0.05, 0) is 29.8 Å². The number of nitrogen functional groups attached to an aromatic ring is 1. The lowest BCUT2D eigenvalue weighted by Gasteiger charge is -2.10. The van der Waals surface area contributed by atoms with E-state index in [1.54, 1.807) is 18.2 Å². The lowest BCUT2D eigenvalue weighted by molar-refractivity contribution is 0.100. The second-order valence-electron chi connectivity index (χ2n) is 4.11. The van der Waals surface area contributed by atoms with Crippen LogP contribution in [0.3, 0.4) is 0 Å². The predicted molar refractivity (Wildman–Crippen MR) is 78.2 cm³/mol. The Bertz CT molecular complexity index is 613. The summed E-state index contributed by atoms with van der Waals surface area (Å²) in [5.74, 6) is -0.548. The number of rotatable bonds is 4. The Balaban J connectivity index is 2.14. The van der Waals surface area contributed by atoms with Gasteiger partial charge in [-0.15, -0.1) is 0 Å². The molecule has 2 rings (SSSR count). The molecular formula is C14H14ClN3O. The molecule has 1 amide bonds. The maximum atomic E-state index is 11.2. The van der Waals surface area contributed by atoms with Crippen molar-refractivity contribution in [2.24, 2.45) is 5.73 Å². The molecule has 0 aliphatic carbocycles. The summed E-state index contributed by atoms with van der Waals surface area (Å²) in [6, 6.07) is 12.6. The van der Waals surface area contributed by atoms with Crippen LogP contribution in [0, 0.1) is 0 Å². The summed E-state index contributed by atoms with van der Waals surface area (Å²) in [5, 5.41) is 3.52. The van der Waals surface area contributed by atoms with Gasteiger partial charge in [0.05, 0.1) is 10.6 Å². The van der Waals surface area contributed by atoms with Gasteiger partial charge in [-0.25, -0.2) is 0 Å². The van der Waals surface area contributed by atoms with Crippen molar-refractivity contribution < 1.29 is 4.79 Å². The SMILES string of the molecule is NC(=O)c1cc(NCc2ccccc2N)ccc1Cl. The fraction of sp³-hybridized carbons (Fsp3) is 0.0714. The largest absolute Gasteiger partial charge is 0.398 e. The fourth-order valence-electron chi connectivity index (χ4n) is 1.72. The maximum absolute atomic E-state index is 11.2. The summed E-state index contributed by atoms with van der Waals surface area (Å²) >= 11 is 5.88. The number of hydrogen-bond donors (Lipinski definition) is 3. The third-order valence-electron chi connectivity index (χ3n) is 2.77. The zero-order valence-corrected chi connectivity index (χ0v) is 10.9. The average molecular weight is 276 g/mol. The van der Waals surface area contributed by atoms with E-state index >= 15 is 0 Å². The fourth-order valence-corrected chi connectivity index (χ4v) is 1.93. The van der Waals surface area contributed by atoms with Crippen LogP contribution in [0.15, 0.2) is 42.5 Å². The van der Waals surface area contributed by atoms with Gasteiger partial charge in [-0.2, -0.15) is 0 Å². The highest BCUT2D eigenvalue weighted by molar-refractivity contribution is 6.33. The van der Waals surface area contributed by atoms with Crippen molar-refractivity contribution in [1.82, 2.24) is 0 Å². The third kappa shape index (κ3) is 3.17. The number of nitrogens with one attached hydrogen (secondary N) is 1. The minimum Gasteiger partial charge on any atom is -0.398 e.